The van der Waals surface area contributed by atoms with Gasteiger partial charge in [0.15, 0.2) is 0 Å². The van der Waals surface area contributed by atoms with Crippen molar-refractivity contribution in [1.82, 2.24) is 15.1 Å². The van der Waals surface area contributed by atoms with Crippen molar-refractivity contribution in [2.75, 3.05) is 13.1 Å². The molecular formula is C24H29N3O2. The van der Waals surface area contributed by atoms with E-state index in [1.54, 1.807) is 0 Å². The van der Waals surface area contributed by atoms with Crippen LogP contribution in [-0.4, -0.2) is 40.9 Å². The average molecular weight is 392 g/mol. The molecule has 2 aromatic carbocycles. The first-order chi connectivity index (χ1) is 14.1. The summed E-state index contributed by atoms with van der Waals surface area (Å²) in [7, 11) is 0. The highest BCUT2D eigenvalue weighted by Gasteiger charge is 2.41. The number of aryl methyl sites for hydroxylation is 1. The largest absolute Gasteiger partial charge is 0.334 e. The SMILES string of the molecule is Cc1ccc(CN2C(=O)CCC[C@@H]3CN(C(=O)NCc4ccccc4)C[C@@H]32)cc1. The quantitative estimate of drug-likeness (QED) is 0.864. The van der Waals surface area contributed by atoms with E-state index >= 15 is 0 Å². The van der Waals surface area contributed by atoms with Crippen molar-refractivity contribution in [2.24, 2.45) is 5.92 Å². The Morgan fingerprint density at radius 2 is 1.79 bits per heavy atom. The van der Waals surface area contributed by atoms with Gasteiger partial charge in [-0.15, -0.1) is 0 Å². The number of hydrogen-bond acceptors (Lipinski definition) is 2. The maximum atomic E-state index is 12.8. The van der Waals surface area contributed by atoms with Crippen molar-refractivity contribution >= 4 is 11.9 Å². The molecule has 1 N–H and O–H groups in total. The minimum Gasteiger partial charge on any atom is -0.334 e. The zero-order valence-electron chi connectivity index (χ0n) is 17.0. The molecule has 0 aromatic heterocycles. The number of nitrogens with one attached hydrogen (secondary N) is 1. The van der Waals surface area contributed by atoms with Crippen molar-refractivity contribution in [2.45, 2.75) is 45.3 Å². The fourth-order valence-corrected chi connectivity index (χ4v) is 4.48. The van der Waals surface area contributed by atoms with Crippen molar-refractivity contribution in [1.29, 1.82) is 0 Å². The van der Waals surface area contributed by atoms with Gasteiger partial charge >= 0.3 is 6.03 Å². The Morgan fingerprint density at radius 3 is 2.55 bits per heavy atom. The van der Waals surface area contributed by atoms with E-state index in [0.717, 1.165) is 30.5 Å². The van der Waals surface area contributed by atoms with E-state index in [9.17, 15) is 9.59 Å². The van der Waals surface area contributed by atoms with E-state index in [2.05, 4.69) is 36.5 Å². The molecule has 29 heavy (non-hydrogen) atoms. The number of amides is 3. The minimum atomic E-state index is -0.0374. The van der Waals surface area contributed by atoms with Gasteiger partial charge in [0.2, 0.25) is 5.91 Å². The summed E-state index contributed by atoms with van der Waals surface area (Å²) < 4.78 is 0. The van der Waals surface area contributed by atoms with Gasteiger partial charge in [0.05, 0.1) is 6.04 Å². The normalized spacial score (nSPS) is 21.6. The first-order valence-corrected chi connectivity index (χ1v) is 10.5. The molecule has 4 rings (SSSR count). The van der Waals surface area contributed by atoms with Crippen LogP contribution in [0.15, 0.2) is 54.6 Å². The summed E-state index contributed by atoms with van der Waals surface area (Å²) in [5.74, 6) is 0.569. The molecule has 0 bridgehead atoms. The third kappa shape index (κ3) is 4.61. The molecule has 0 aliphatic carbocycles. The summed E-state index contributed by atoms with van der Waals surface area (Å²) in [4.78, 5) is 29.5. The second kappa shape index (κ2) is 8.68. The fraction of sp³-hybridized carbons (Fsp3) is 0.417. The molecule has 2 aliphatic heterocycles. The molecule has 2 heterocycles. The first kappa shape index (κ1) is 19.5. The van der Waals surface area contributed by atoms with Gasteiger partial charge < -0.3 is 15.1 Å². The van der Waals surface area contributed by atoms with Crippen LogP contribution in [0.3, 0.4) is 0 Å². The predicted octanol–water partition coefficient (Wildman–Crippen LogP) is 3.72. The number of carbonyl (C=O) groups is 2. The summed E-state index contributed by atoms with van der Waals surface area (Å²) in [6.07, 6.45) is 2.52. The third-order valence-electron chi connectivity index (χ3n) is 6.14. The van der Waals surface area contributed by atoms with Crippen LogP contribution in [0.1, 0.15) is 36.0 Å². The number of nitrogens with zero attached hydrogens (tertiary/aromatic N) is 2. The Labute approximate surface area is 172 Å². The molecule has 5 nitrogen and oxygen atoms in total. The Balaban J connectivity index is 1.42. The predicted molar refractivity (Wildman–Crippen MR) is 113 cm³/mol. The highest BCUT2D eigenvalue weighted by molar-refractivity contribution is 5.78. The van der Waals surface area contributed by atoms with Crippen LogP contribution in [0, 0.1) is 12.8 Å². The molecule has 3 amide bonds. The van der Waals surface area contributed by atoms with Crippen LogP contribution in [0.5, 0.6) is 0 Å². The maximum Gasteiger partial charge on any atom is 0.317 e. The molecule has 2 aromatic rings. The second-order valence-electron chi connectivity index (χ2n) is 8.28. The number of likely N-dealkylation sites (tertiary alicyclic amines) is 2. The number of hydrogen-bond donors (Lipinski definition) is 1. The van der Waals surface area contributed by atoms with Gasteiger partial charge in [-0.05, 0) is 36.8 Å². The minimum absolute atomic E-state index is 0.0374. The van der Waals surface area contributed by atoms with Gasteiger partial charge in [-0.3, -0.25) is 4.79 Å². The Bertz CT molecular complexity index is 850. The molecule has 2 fully saturated rings. The van der Waals surface area contributed by atoms with Gasteiger partial charge in [0.25, 0.3) is 0 Å². The monoisotopic (exact) mass is 391 g/mol. The van der Waals surface area contributed by atoms with Gasteiger partial charge in [-0.25, -0.2) is 4.79 Å². The molecule has 2 saturated heterocycles. The fourth-order valence-electron chi connectivity index (χ4n) is 4.48. The van der Waals surface area contributed by atoms with E-state index in [0.29, 0.717) is 32.0 Å². The van der Waals surface area contributed by atoms with E-state index < -0.39 is 0 Å². The number of fused-ring (bicyclic) bond motifs is 1. The standard InChI is InChI=1S/C24H29N3O2/c1-18-10-12-20(13-11-18)15-27-22-17-26(16-21(22)8-5-9-23(27)28)24(29)25-14-19-6-3-2-4-7-19/h2-4,6-7,10-13,21-22H,5,8-9,14-17H2,1H3,(H,25,29)/t21-,22+/m1/s1. The number of carbonyl (C=O) groups excluding carboxylic acids is 2. The lowest BCUT2D eigenvalue weighted by molar-refractivity contribution is -0.133. The summed E-state index contributed by atoms with van der Waals surface area (Å²) in [5.41, 5.74) is 3.46. The van der Waals surface area contributed by atoms with E-state index in [4.69, 9.17) is 0 Å². The van der Waals surface area contributed by atoms with Crippen LogP contribution < -0.4 is 5.32 Å². The number of rotatable bonds is 4. The summed E-state index contributed by atoms with van der Waals surface area (Å²) >= 11 is 0. The van der Waals surface area contributed by atoms with Crippen LogP contribution in [-0.2, 0) is 17.9 Å². The van der Waals surface area contributed by atoms with Crippen molar-refractivity contribution in [3.8, 4) is 0 Å². The zero-order valence-corrected chi connectivity index (χ0v) is 17.0. The number of benzene rings is 2. The third-order valence-corrected chi connectivity index (χ3v) is 6.14. The molecule has 2 aliphatic rings. The second-order valence-corrected chi connectivity index (χ2v) is 8.28. The van der Waals surface area contributed by atoms with E-state index in [1.807, 2.05) is 40.1 Å². The lowest BCUT2D eigenvalue weighted by Crippen LogP contribution is -2.44. The Hall–Kier alpha value is -2.82. The molecule has 0 unspecified atom stereocenters. The molecular weight excluding hydrogens is 362 g/mol. The Kier molecular flexibility index (Phi) is 5.84. The molecule has 152 valence electrons. The molecule has 0 radical (unpaired) electrons. The van der Waals surface area contributed by atoms with Crippen molar-refractivity contribution in [3.63, 3.8) is 0 Å². The van der Waals surface area contributed by atoms with Crippen molar-refractivity contribution < 1.29 is 9.59 Å². The highest BCUT2D eigenvalue weighted by atomic mass is 16.2. The maximum absolute atomic E-state index is 12.8. The van der Waals surface area contributed by atoms with Gasteiger partial charge in [-0.2, -0.15) is 0 Å². The summed E-state index contributed by atoms with van der Waals surface area (Å²) in [5, 5.41) is 3.03. The van der Waals surface area contributed by atoms with Crippen molar-refractivity contribution in [3.05, 3.63) is 71.3 Å². The molecule has 5 heteroatoms. The molecule has 2 atom stereocenters. The lowest BCUT2D eigenvalue weighted by Gasteiger charge is -2.30. The average Bonchev–Trinajstić information content (AvgIpc) is 3.10. The van der Waals surface area contributed by atoms with Crippen LogP contribution in [0.25, 0.3) is 0 Å². The first-order valence-electron chi connectivity index (χ1n) is 10.5. The van der Waals surface area contributed by atoms with Gasteiger partial charge in [0, 0.05) is 32.6 Å². The zero-order chi connectivity index (χ0) is 20.2. The van der Waals surface area contributed by atoms with Gasteiger partial charge in [0.1, 0.15) is 0 Å². The van der Waals surface area contributed by atoms with E-state index in [-0.39, 0.29) is 18.0 Å². The number of urea groups is 1. The van der Waals surface area contributed by atoms with Crippen LogP contribution >= 0.6 is 0 Å². The summed E-state index contributed by atoms with van der Waals surface area (Å²) in [6, 6.07) is 18.4. The van der Waals surface area contributed by atoms with E-state index in [1.165, 1.54) is 5.56 Å². The summed E-state index contributed by atoms with van der Waals surface area (Å²) in [6.45, 7) is 4.56. The van der Waals surface area contributed by atoms with Crippen LogP contribution in [0.4, 0.5) is 4.79 Å². The smallest absolute Gasteiger partial charge is 0.317 e. The Morgan fingerprint density at radius 1 is 1.03 bits per heavy atom. The lowest BCUT2D eigenvalue weighted by atomic mass is 9.98. The highest BCUT2D eigenvalue weighted by Crippen LogP contribution is 2.31. The molecule has 0 spiro atoms. The molecule has 0 saturated carbocycles. The van der Waals surface area contributed by atoms with Gasteiger partial charge in [-0.1, -0.05) is 60.2 Å². The topological polar surface area (TPSA) is 52.7 Å². The van der Waals surface area contributed by atoms with Crippen LogP contribution in [0.2, 0.25) is 0 Å².